The molecule has 0 unspecified atom stereocenters. The van der Waals surface area contributed by atoms with Gasteiger partial charge in [-0.3, -0.25) is 33.2 Å². The van der Waals surface area contributed by atoms with E-state index in [1.807, 2.05) is 59.7 Å². The Balaban J connectivity index is 0.000000310. The zero-order chi connectivity index (χ0) is 53.5. The van der Waals surface area contributed by atoms with E-state index in [1.165, 1.54) is 13.0 Å². The van der Waals surface area contributed by atoms with E-state index in [0.29, 0.717) is 89.5 Å². The molecule has 12 nitrogen and oxygen atoms in total. The number of carbonyl (C=O) groups excluding carboxylic acids is 6. The van der Waals surface area contributed by atoms with Crippen molar-refractivity contribution in [1.29, 1.82) is 0 Å². The molecule has 0 aromatic heterocycles. The Bertz CT molecular complexity index is 2510. The Morgan fingerprint density at radius 2 is 1.07 bits per heavy atom. The molecule has 4 aromatic rings. The molecule has 4 aromatic carbocycles. The van der Waals surface area contributed by atoms with Gasteiger partial charge in [-0.2, -0.15) is 0 Å². The first-order chi connectivity index (χ1) is 33.7. The van der Waals surface area contributed by atoms with Crippen molar-refractivity contribution in [2.24, 2.45) is 0 Å². The Morgan fingerprint density at radius 1 is 0.686 bits per heavy atom. The molecule has 7 rings (SSSR count). The van der Waals surface area contributed by atoms with Gasteiger partial charge >= 0.3 is 0 Å². The highest BCUT2D eigenvalue weighted by Gasteiger charge is 2.40. The van der Waals surface area contributed by atoms with Crippen molar-refractivity contribution in [2.45, 2.75) is 150 Å². The molecule has 378 valence electrons. The van der Waals surface area contributed by atoms with Crippen LogP contribution in [0, 0.1) is 6.57 Å². The second-order valence-electron chi connectivity index (χ2n) is 16.5. The molecule has 0 saturated carbocycles. The molecular formula is C55H66Br2FNO11. The molecule has 0 aliphatic carbocycles. The summed E-state index contributed by atoms with van der Waals surface area (Å²) in [6.45, 7) is 24.7. The third-order valence-corrected chi connectivity index (χ3v) is 13.5. The zero-order valence-corrected chi connectivity index (χ0v) is 44.8. The Labute approximate surface area is 430 Å². The van der Waals surface area contributed by atoms with Crippen LogP contribution in [0.3, 0.4) is 0 Å². The molecule has 70 heavy (non-hydrogen) atoms. The van der Waals surface area contributed by atoms with Gasteiger partial charge < -0.3 is 24.1 Å². The minimum Gasteiger partial charge on any atom is -0.507 e. The molecule has 3 aliphatic rings. The first kappa shape index (κ1) is 58.6. The molecule has 0 radical (unpaired) electrons. The van der Waals surface area contributed by atoms with Crippen molar-refractivity contribution in [2.75, 3.05) is 7.15 Å². The number of carbonyl (C=O) groups is 6. The molecule has 0 spiro atoms. The molecule has 0 amide bonds. The maximum Gasteiger partial charge on any atom is 0.298 e. The Hall–Kier alpha value is -5.72. The average Bonchev–Trinajstić information content (AvgIpc) is 3.37. The van der Waals surface area contributed by atoms with Gasteiger partial charge in [-0.1, -0.05) is 93.3 Å². The second-order valence-corrected chi connectivity index (χ2v) is 18.4. The summed E-state index contributed by atoms with van der Waals surface area (Å²) in [6.07, 6.45) is 7.61. The smallest absolute Gasteiger partial charge is 0.298 e. The highest BCUT2D eigenvalue weighted by Crippen LogP contribution is 2.41. The van der Waals surface area contributed by atoms with E-state index in [9.17, 15) is 33.2 Å². The molecule has 0 atom stereocenters. The first-order valence-electron chi connectivity index (χ1n) is 24.0. The number of fused-ring (bicyclic) bond motifs is 3. The van der Waals surface area contributed by atoms with Crippen LogP contribution in [0.15, 0.2) is 81.7 Å². The third-order valence-electron chi connectivity index (χ3n) is 12.5. The zero-order valence-electron chi connectivity index (χ0n) is 42.6. The predicted octanol–water partition coefficient (Wildman–Crippen LogP) is 14.8. The summed E-state index contributed by atoms with van der Waals surface area (Å²) >= 11 is 6.57. The van der Waals surface area contributed by atoms with Gasteiger partial charge in [0.1, 0.15) is 51.3 Å². The van der Waals surface area contributed by atoms with Crippen molar-refractivity contribution >= 4 is 72.9 Å². The van der Waals surface area contributed by atoms with Gasteiger partial charge in [0.15, 0.2) is 28.8 Å². The summed E-state index contributed by atoms with van der Waals surface area (Å²) in [4.78, 5) is 71.0. The second kappa shape index (κ2) is 28.8. The van der Waals surface area contributed by atoms with Crippen LogP contribution >= 0.6 is 31.9 Å². The molecule has 1 N–H and O–H groups in total. The van der Waals surface area contributed by atoms with Gasteiger partial charge in [0.2, 0.25) is 0 Å². The summed E-state index contributed by atoms with van der Waals surface area (Å²) in [5.74, 6) is 2.83. The Morgan fingerprint density at radius 3 is 1.44 bits per heavy atom. The number of ether oxygens (including phenoxy) is 4. The SMILES string of the molecule is CC(=O)c1cc(Br)ccc1O.CCC(=O)CC.CCC1(CC)CC(=O)c2cc(Br)ccc2O1.CCC1(CC)CC(=O)c2cc(OC=O)ccc2O1.[2H]CF.[C-]#[N+]c1ccc2c(c1)C(=O)CC(CC)(CC)O2. The summed E-state index contributed by atoms with van der Waals surface area (Å²) in [7, 11) is -1.00. The van der Waals surface area contributed by atoms with E-state index in [-0.39, 0.29) is 40.1 Å². The fourth-order valence-corrected chi connectivity index (χ4v) is 8.32. The molecule has 0 saturated heterocycles. The molecule has 15 heteroatoms. The van der Waals surface area contributed by atoms with Gasteiger partial charge in [-0.25, -0.2) is 4.85 Å². The average molecular weight is 1100 g/mol. The van der Waals surface area contributed by atoms with Crippen LogP contribution in [0.4, 0.5) is 10.1 Å². The first-order valence-corrected chi connectivity index (χ1v) is 24.9. The predicted molar refractivity (Wildman–Crippen MR) is 277 cm³/mol. The summed E-state index contributed by atoms with van der Waals surface area (Å²) < 4.78 is 39.9. The number of hydrogen-bond acceptors (Lipinski definition) is 11. The van der Waals surface area contributed by atoms with Crippen LogP contribution in [0.25, 0.3) is 4.85 Å². The van der Waals surface area contributed by atoms with Crippen LogP contribution in [0.2, 0.25) is 0 Å². The molecule has 0 fully saturated rings. The number of Topliss-reactive ketones (excluding diaryl/α,β-unsaturated/α-hetero) is 5. The van der Waals surface area contributed by atoms with Crippen molar-refractivity contribution < 1.29 is 58.6 Å². The lowest BCUT2D eigenvalue weighted by Gasteiger charge is -2.36. The van der Waals surface area contributed by atoms with E-state index in [2.05, 4.69) is 50.6 Å². The van der Waals surface area contributed by atoms with Crippen molar-refractivity contribution in [1.82, 2.24) is 0 Å². The standard InChI is InChI=1S/C14H15NO2.C14H16O4.C13H15BrO2.C8H7BrO2.C5H10O.CH3F/c1-4-14(5-2)9-12(16)11-8-10(15-3)6-7-13(11)17-14;1-3-14(4-2)8-12(16)11-7-10(17-9-15)5-6-13(11)18-14;1-3-13(4-2)8-11(15)10-7-9(14)5-6-12(10)16-13;1-5(10)7-4-6(9)2-3-8(7)11;1-3-5(6)4-2;1-2/h6-8H,4-5,9H2,1-2H3;5-7,9H,3-4,8H2,1-2H3;5-7H,3-4,8H2,1-2H3;2-4,11H,1H3;3-4H2,1-2H3;1H3/i;;;;;1D. The Kier molecular flexibility index (Phi) is 24.1. The van der Waals surface area contributed by atoms with Crippen molar-refractivity contribution in [3.63, 3.8) is 0 Å². The van der Waals surface area contributed by atoms with Gasteiger partial charge in [-0.05, 0) is 112 Å². The van der Waals surface area contributed by atoms with E-state index in [1.54, 1.807) is 48.5 Å². The van der Waals surface area contributed by atoms with Crippen molar-refractivity contribution in [3.05, 3.63) is 115 Å². The largest absolute Gasteiger partial charge is 0.507 e. The highest BCUT2D eigenvalue weighted by atomic mass is 79.9. The molecular weight excluding hydrogens is 1030 g/mol. The van der Waals surface area contributed by atoms with Gasteiger partial charge in [0.25, 0.3) is 6.47 Å². The maximum absolute atomic E-state index is 12.2. The van der Waals surface area contributed by atoms with Crippen LogP contribution in [-0.4, -0.2) is 64.5 Å². The number of ketones is 5. The number of phenolic OH excluding ortho intramolecular Hbond substituents is 1. The lowest BCUT2D eigenvalue weighted by Crippen LogP contribution is -2.40. The lowest BCUT2D eigenvalue weighted by molar-refractivity contribution is -0.121. The van der Waals surface area contributed by atoms with Crippen LogP contribution in [0.1, 0.15) is 176 Å². The monoisotopic (exact) mass is 1090 g/mol. The van der Waals surface area contributed by atoms with Gasteiger partial charge in [0, 0.05) is 27.4 Å². The number of benzene rings is 4. The van der Waals surface area contributed by atoms with E-state index >= 15 is 0 Å². The lowest BCUT2D eigenvalue weighted by atomic mass is 9.86. The number of rotatable bonds is 11. The maximum atomic E-state index is 12.2. The van der Waals surface area contributed by atoms with E-state index in [0.717, 1.165) is 53.2 Å². The minimum absolute atomic E-state index is 0.0284. The van der Waals surface area contributed by atoms with E-state index < -0.39 is 12.8 Å². The number of alkyl halides is 1. The number of nitrogens with zero attached hydrogens (tertiary/aromatic N) is 1. The third kappa shape index (κ3) is 16.4. The van der Waals surface area contributed by atoms with Gasteiger partial charge in [-0.15, -0.1) is 0 Å². The number of halogens is 3. The fourth-order valence-electron chi connectivity index (χ4n) is 7.59. The normalized spacial score (nSPS) is 15.0. The highest BCUT2D eigenvalue weighted by molar-refractivity contribution is 9.10. The summed E-state index contributed by atoms with van der Waals surface area (Å²) in [5, 5.41) is 9.16. The quantitative estimate of drug-likeness (QED) is 0.0863. The fraction of sp³-hybridized carbons (Fsp3) is 0.436. The number of phenols is 1. The molecule has 3 aliphatic heterocycles. The van der Waals surface area contributed by atoms with Crippen LogP contribution < -0.4 is 18.9 Å². The summed E-state index contributed by atoms with van der Waals surface area (Å²) in [6, 6.07) is 20.3. The number of hydrogen-bond donors (Lipinski definition) is 1. The minimum atomic E-state index is -1.00. The van der Waals surface area contributed by atoms with Crippen LogP contribution in [0.5, 0.6) is 28.7 Å². The number of aromatic hydroxyl groups is 1. The van der Waals surface area contributed by atoms with Gasteiger partial charge in [0.05, 0.1) is 51.0 Å². The van der Waals surface area contributed by atoms with Crippen molar-refractivity contribution in [3.8, 4) is 28.7 Å². The molecule has 3 heterocycles. The van der Waals surface area contributed by atoms with E-state index in [4.69, 9.17) is 32.0 Å². The van der Waals surface area contributed by atoms with Crippen LogP contribution in [-0.2, 0) is 9.59 Å². The topological polar surface area (TPSA) is 164 Å². The molecule has 0 bridgehead atoms. The summed E-state index contributed by atoms with van der Waals surface area (Å²) in [5.41, 5.74) is 1.54.